The van der Waals surface area contributed by atoms with E-state index in [4.69, 9.17) is 9.47 Å². The predicted molar refractivity (Wildman–Crippen MR) is 101 cm³/mol. The maximum Gasteiger partial charge on any atom is 0.410 e. The highest BCUT2D eigenvalue weighted by Crippen LogP contribution is 2.35. The molecule has 2 rings (SSSR count). The zero-order valence-corrected chi connectivity index (χ0v) is 17.1. The van der Waals surface area contributed by atoms with Crippen molar-refractivity contribution < 1.29 is 14.3 Å². The lowest BCUT2D eigenvalue weighted by Crippen LogP contribution is -2.54. The minimum atomic E-state index is -0.441. The van der Waals surface area contributed by atoms with Gasteiger partial charge < -0.3 is 19.7 Å². The molecule has 0 bridgehead atoms. The minimum Gasteiger partial charge on any atom is -0.444 e. The first-order chi connectivity index (χ1) is 11.5. The van der Waals surface area contributed by atoms with Gasteiger partial charge in [-0.3, -0.25) is 0 Å². The molecule has 2 aliphatic rings. The molecule has 5 heteroatoms. The van der Waals surface area contributed by atoms with Crippen molar-refractivity contribution in [1.29, 1.82) is 0 Å². The van der Waals surface area contributed by atoms with E-state index in [-0.39, 0.29) is 11.7 Å². The van der Waals surface area contributed by atoms with Crippen LogP contribution in [0.1, 0.15) is 73.1 Å². The average molecular weight is 355 g/mol. The molecule has 0 aromatic rings. The monoisotopic (exact) mass is 354 g/mol. The number of methoxy groups -OCH3 is 1. The van der Waals surface area contributed by atoms with Gasteiger partial charge in [-0.1, -0.05) is 13.8 Å². The molecule has 5 nitrogen and oxygen atoms in total. The first-order valence-electron chi connectivity index (χ1n) is 9.81. The molecule has 146 valence electrons. The maximum atomic E-state index is 12.2. The van der Waals surface area contributed by atoms with Crippen LogP contribution in [0.5, 0.6) is 0 Å². The van der Waals surface area contributed by atoms with Gasteiger partial charge in [0.2, 0.25) is 0 Å². The lowest BCUT2D eigenvalue weighted by atomic mass is 9.75. The number of nitrogens with zero attached hydrogens (tertiary/aromatic N) is 1. The topological polar surface area (TPSA) is 50.8 Å². The van der Waals surface area contributed by atoms with Gasteiger partial charge in [0.05, 0.1) is 5.60 Å². The van der Waals surface area contributed by atoms with Crippen LogP contribution in [-0.2, 0) is 9.47 Å². The Labute approximate surface area is 153 Å². The standard InChI is InChI=1S/C20H38N2O3/c1-18(2,3)25-17(23)22-13-11-20(24-6,12-14-22)15-21-16-7-9-19(4,5)10-8-16/h16,21H,7-15H2,1-6H3. The smallest absolute Gasteiger partial charge is 0.410 e. The van der Waals surface area contributed by atoms with Gasteiger partial charge >= 0.3 is 6.09 Å². The van der Waals surface area contributed by atoms with E-state index in [1.165, 1.54) is 25.7 Å². The largest absolute Gasteiger partial charge is 0.444 e. The molecule has 25 heavy (non-hydrogen) atoms. The second-order valence-corrected chi connectivity index (χ2v) is 9.67. The van der Waals surface area contributed by atoms with E-state index in [9.17, 15) is 4.79 Å². The summed E-state index contributed by atoms with van der Waals surface area (Å²) in [7, 11) is 1.80. The van der Waals surface area contributed by atoms with Crippen molar-refractivity contribution in [1.82, 2.24) is 10.2 Å². The Morgan fingerprint density at radius 3 is 2.16 bits per heavy atom. The van der Waals surface area contributed by atoms with Crippen molar-refractivity contribution in [2.75, 3.05) is 26.7 Å². The lowest BCUT2D eigenvalue weighted by Gasteiger charge is -2.42. The first kappa shape index (κ1) is 20.5. The van der Waals surface area contributed by atoms with Gasteiger partial charge in [-0.2, -0.15) is 0 Å². The summed E-state index contributed by atoms with van der Waals surface area (Å²) in [6, 6.07) is 0.601. The summed E-state index contributed by atoms with van der Waals surface area (Å²) in [5, 5.41) is 3.74. The summed E-state index contributed by atoms with van der Waals surface area (Å²) < 4.78 is 11.4. The Bertz CT molecular complexity index is 438. The molecule has 1 aliphatic carbocycles. The third kappa shape index (κ3) is 6.14. The quantitative estimate of drug-likeness (QED) is 0.830. The number of piperidine rings is 1. The molecule has 0 spiro atoms. The fourth-order valence-corrected chi connectivity index (χ4v) is 3.81. The van der Waals surface area contributed by atoms with Gasteiger partial charge in [0.15, 0.2) is 0 Å². The number of carbonyl (C=O) groups is 1. The maximum absolute atomic E-state index is 12.2. The van der Waals surface area contributed by atoms with Crippen LogP contribution in [0.3, 0.4) is 0 Å². The Morgan fingerprint density at radius 1 is 1.12 bits per heavy atom. The normalized spacial score (nSPS) is 24.2. The van der Waals surface area contributed by atoms with Crippen LogP contribution in [0, 0.1) is 5.41 Å². The number of ether oxygens (including phenoxy) is 2. The highest BCUT2D eigenvalue weighted by Gasteiger charge is 2.38. The number of carbonyl (C=O) groups excluding carboxylic acids is 1. The second kappa shape index (κ2) is 7.83. The number of hydrogen-bond donors (Lipinski definition) is 1. The van der Waals surface area contributed by atoms with Gasteiger partial charge in [0.1, 0.15) is 5.60 Å². The zero-order chi connectivity index (χ0) is 18.7. The first-order valence-corrected chi connectivity index (χ1v) is 9.81. The van der Waals surface area contributed by atoms with Crippen molar-refractivity contribution in [3.05, 3.63) is 0 Å². The Hall–Kier alpha value is -0.810. The van der Waals surface area contributed by atoms with Gasteiger partial charge in [-0.15, -0.1) is 0 Å². The number of rotatable bonds is 4. The second-order valence-electron chi connectivity index (χ2n) is 9.67. The molecule has 1 N–H and O–H groups in total. The molecular formula is C20H38N2O3. The van der Waals surface area contributed by atoms with Crippen LogP contribution in [0.15, 0.2) is 0 Å². The van der Waals surface area contributed by atoms with E-state index in [0.717, 1.165) is 19.4 Å². The van der Waals surface area contributed by atoms with Gasteiger partial charge in [0, 0.05) is 32.8 Å². The van der Waals surface area contributed by atoms with Crippen LogP contribution in [-0.4, -0.2) is 55.0 Å². The minimum absolute atomic E-state index is 0.161. The molecule has 0 atom stereocenters. The third-order valence-electron chi connectivity index (χ3n) is 5.81. The molecule has 1 amide bonds. The third-order valence-corrected chi connectivity index (χ3v) is 5.81. The van der Waals surface area contributed by atoms with Crippen LogP contribution >= 0.6 is 0 Å². The summed E-state index contributed by atoms with van der Waals surface area (Å²) in [5.41, 5.74) is -0.107. The summed E-state index contributed by atoms with van der Waals surface area (Å²) >= 11 is 0. The van der Waals surface area contributed by atoms with Crippen LogP contribution in [0.4, 0.5) is 4.79 Å². The van der Waals surface area contributed by atoms with E-state index >= 15 is 0 Å². The summed E-state index contributed by atoms with van der Waals surface area (Å²) in [5.74, 6) is 0. The molecule has 2 fully saturated rings. The number of amides is 1. The summed E-state index contributed by atoms with van der Waals surface area (Å²) in [6.07, 6.45) is 6.57. The molecular weight excluding hydrogens is 316 g/mol. The Kier molecular flexibility index (Phi) is 6.42. The van der Waals surface area contributed by atoms with Gasteiger partial charge in [0.25, 0.3) is 0 Å². The van der Waals surface area contributed by atoms with E-state index in [0.29, 0.717) is 24.5 Å². The molecule has 1 saturated heterocycles. The molecule has 1 saturated carbocycles. The van der Waals surface area contributed by atoms with Crippen molar-refractivity contribution in [3.63, 3.8) is 0 Å². The van der Waals surface area contributed by atoms with E-state index < -0.39 is 5.60 Å². The van der Waals surface area contributed by atoms with Crippen LogP contribution in [0.2, 0.25) is 0 Å². The van der Waals surface area contributed by atoms with E-state index in [1.807, 2.05) is 25.7 Å². The molecule has 0 aromatic heterocycles. The van der Waals surface area contributed by atoms with E-state index in [2.05, 4.69) is 19.2 Å². The number of nitrogens with one attached hydrogen (secondary N) is 1. The van der Waals surface area contributed by atoms with Crippen molar-refractivity contribution in [3.8, 4) is 0 Å². The van der Waals surface area contributed by atoms with E-state index in [1.54, 1.807) is 7.11 Å². The Morgan fingerprint density at radius 2 is 1.68 bits per heavy atom. The number of likely N-dealkylation sites (tertiary alicyclic amines) is 1. The highest BCUT2D eigenvalue weighted by molar-refractivity contribution is 5.68. The molecule has 0 radical (unpaired) electrons. The van der Waals surface area contributed by atoms with Crippen LogP contribution < -0.4 is 5.32 Å². The van der Waals surface area contributed by atoms with Crippen molar-refractivity contribution in [2.45, 2.75) is 90.4 Å². The fourth-order valence-electron chi connectivity index (χ4n) is 3.81. The van der Waals surface area contributed by atoms with Gasteiger partial charge in [-0.25, -0.2) is 4.79 Å². The zero-order valence-electron chi connectivity index (χ0n) is 17.1. The lowest BCUT2D eigenvalue weighted by molar-refractivity contribution is -0.0607. The summed E-state index contributed by atoms with van der Waals surface area (Å²) in [4.78, 5) is 14.0. The van der Waals surface area contributed by atoms with Crippen molar-refractivity contribution in [2.24, 2.45) is 5.41 Å². The molecule has 0 aromatic carbocycles. The Balaban J connectivity index is 1.80. The number of hydrogen-bond acceptors (Lipinski definition) is 4. The predicted octanol–water partition coefficient (Wildman–Crippen LogP) is 3.96. The molecule has 0 unspecified atom stereocenters. The average Bonchev–Trinajstić information content (AvgIpc) is 2.53. The van der Waals surface area contributed by atoms with Crippen LogP contribution in [0.25, 0.3) is 0 Å². The van der Waals surface area contributed by atoms with Gasteiger partial charge in [-0.05, 0) is 64.7 Å². The summed E-state index contributed by atoms with van der Waals surface area (Å²) in [6.45, 7) is 12.7. The SMILES string of the molecule is COC1(CNC2CCC(C)(C)CC2)CCN(C(=O)OC(C)(C)C)CC1. The highest BCUT2D eigenvalue weighted by atomic mass is 16.6. The molecule has 1 aliphatic heterocycles. The molecule has 1 heterocycles. The fraction of sp³-hybridized carbons (Fsp3) is 0.950. The van der Waals surface area contributed by atoms with Crippen molar-refractivity contribution >= 4 is 6.09 Å².